The van der Waals surface area contributed by atoms with Crippen molar-refractivity contribution in [2.45, 2.75) is 58.3 Å². The van der Waals surface area contributed by atoms with Crippen LogP contribution in [0.5, 0.6) is 0 Å². The van der Waals surface area contributed by atoms with Crippen molar-refractivity contribution in [2.75, 3.05) is 19.7 Å². The Morgan fingerprint density at radius 1 is 1.28 bits per heavy atom. The molecule has 3 heteroatoms. The highest BCUT2D eigenvalue weighted by molar-refractivity contribution is 5.82. The fourth-order valence-electron chi connectivity index (χ4n) is 3.60. The summed E-state index contributed by atoms with van der Waals surface area (Å²) in [6, 6.07) is 0. The summed E-state index contributed by atoms with van der Waals surface area (Å²) in [7, 11) is 0. The van der Waals surface area contributed by atoms with Crippen LogP contribution in [0.4, 0.5) is 0 Å². The molecule has 0 aromatic rings. The van der Waals surface area contributed by atoms with Gasteiger partial charge in [0.05, 0.1) is 0 Å². The fourth-order valence-corrected chi connectivity index (χ4v) is 3.60. The van der Waals surface area contributed by atoms with Crippen LogP contribution in [0.3, 0.4) is 0 Å². The van der Waals surface area contributed by atoms with E-state index < -0.39 is 0 Å². The first-order valence-electron chi connectivity index (χ1n) is 7.56. The molecule has 1 unspecified atom stereocenters. The number of amides is 1. The van der Waals surface area contributed by atoms with E-state index in [-0.39, 0.29) is 12.0 Å². The fraction of sp³-hybridized carbons (Fsp3) is 0.933. The van der Waals surface area contributed by atoms with Crippen molar-refractivity contribution < 1.29 is 9.90 Å². The molecule has 0 bridgehead atoms. The van der Waals surface area contributed by atoms with Crippen molar-refractivity contribution >= 4 is 5.91 Å². The topological polar surface area (TPSA) is 40.5 Å². The summed E-state index contributed by atoms with van der Waals surface area (Å²) in [4.78, 5) is 14.8. The van der Waals surface area contributed by atoms with Gasteiger partial charge in [0.25, 0.3) is 0 Å². The van der Waals surface area contributed by atoms with Crippen LogP contribution in [-0.2, 0) is 4.79 Å². The van der Waals surface area contributed by atoms with E-state index in [1.807, 2.05) is 0 Å². The SMILES string of the molecule is CC1(C(=O)N2CCCC(CCO)C2)CCCCC1. The Morgan fingerprint density at radius 3 is 2.67 bits per heavy atom. The highest BCUT2D eigenvalue weighted by atomic mass is 16.3. The van der Waals surface area contributed by atoms with Crippen molar-refractivity contribution in [3.05, 3.63) is 0 Å². The van der Waals surface area contributed by atoms with Gasteiger partial charge in [0.1, 0.15) is 0 Å². The molecule has 104 valence electrons. The molecule has 18 heavy (non-hydrogen) atoms. The highest BCUT2D eigenvalue weighted by Crippen LogP contribution is 2.38. The van der Waals surface area contributed by atoms with Gasteiger partial charge in [-0.05, 0) is 38.0 Å². The summed E-state index contributed by atoms with van der Waals surface area (Å²) >= 11 is 0. The molecule has 1 aliphatic carbocycles. The lowest BCUT2D eigenvalue weighted by atomic mass is 9.74. The van der Waals surface area contributed by atoms with Crippen LogP contribution in [0, 0.1) is 11.3 Å². The largest absolute Gasteiger partial charge is 0.396 e. The number of aliphatic hydroxyl groups is 1. The maximum absolute atomic E-state index is 12.7. The normalized spacial score (nSPS) is 28.1. The molecule has 0 aromatic heterocycles. The molecule has 1 amide bonds. The number of carbonyl (C=O) groups excluding carboxylic acids is 1. The average molecular weight is 253 g/mol. The van der Waals surface area contributed by atoms with Crippen LogP contribution < -0.4 is 0 Å². The van der Waals surface area contributed by atoms with Crippen LogP contribution in [0.25, 0.3) is 0 Å². The number of carbonyl (C=O) groups is 1. The lowest BCUT2D eigenvalue weighted by Crippen LogP contribution is -2.47. The van der Waals surface area contributed by atoms with E-state index in [4.69, 9.17) is 5.11 Å². The zero-order valence-electron chi connectivity index (χ0n) is 11.7. The molecular weight excluding hydrogens is 226 g/mol. The number of aliphatic hydroxyl groups excluding tert-OH is 1. The molecular formula is C15H27NO2. The van der Waals surface area contributed by atoms with E-state index in [1.165, 1.54) is 25.7 Å². The Balaban J connectivity index is 1.95. The van der Waals surface area contributed by atoms with Gasteiger partial charge >= 0.3 is 0 Å². The predicted octanol–water partition coefficient (Wildman–Crippen LogP) is 2.58. The number of rotatable bonds is 3. The molecule has 1 atom stereocenters. The van der Waals surface area contributed by atoms with Gasteiger partial charge in [0, 0.05) is 25.1 Å². The summed E-state index contributed by atoms with van der Waals surface area (Å²) in [5, 5.41) is 9.04. The second kappa shape index (κ2) is 6.05. The summed E-state index contributed by atoms with van der Waals surface area (Å²) in [6.45, 7) is 4.21. The van der Waals surface area contributed by atoms with Gasteiger partial charge in [-0.1, -0.05) is 26.2 Å². The maximum atomic E-state index is 12.7. The van der Waals surface area contributed by atoms with Gasteiger partial charge in [0.15, 0.2) is 0 Å². The quantitative estimate of drug-likeness (QED) is 0.840. The Bertz CT molecular complexity index is 282. The minimum Gasteiger partial charge on any atom is -0.396 e. The highest BCUT2D eigenvalue weighted by Gasteiger charge is 2.38. The second-order valence-corrected chi connectivity index (χ2v) is 6.39. The number of hydrogen-bond acceptors (Lipinski definition) is 2. The lowest BCUT2D eigenvalue weighted by Gasteiger charge is -2.40. The molecule has 3 nitrogen and oxygen atoms in total. The van der Waals surface area contributed by atoms with Gasteiger partial charge in [-0.3, -0.25) is 4.79 Å². The molecule has 0 spiro atoms. The van der Waals surface area contributed by atoms with Crippen molar-refractivity contribution in [3.8, 4) is 0 Å². The van der Waals surface area contributed by atoms with Gasteiger partial charge < -0.3 is 10.0 Å². The van der Waals surface area contributed by atoms with Crippen molar-refractivity contribution in [1.82, 2.24) is 4.90 Å². The van der Waals surface area contributed by atoms with Crippen molar-refractivity contribution in [3.63, 3.8) is 0 Å². The van der Waals surface area contributed by atoms with E-state index >= 15 is 0 Å². The number of likely N-dealkylation sites (tertiary alicyclic amines) is 1. The Hall–Kier alpha value is -0.570. The maximum Gasteiger partial charge on any atom is 0.228 e. The van der Waals surface area contributed by atoms with Crippen LogP contribution in [0.15, 0.2) is 0 Å². The monoisotopic (exact) mass is 253 g/mol. The van der Waals surface area contributed by atoms with Crippen molar-refractivity contribution in [2.24, 2.45) is 11.3 Å². The first-order valence-corrected chi connectivity index (χ1v) is 7.56. The lowest BCUT2D eigenvalue weighted by molar-refractivity contribution is -0.145. The minimum absolute atomic E-state index is 0.0979. The van der Waals surface area contributed by atoms with Gasteiger partial charge in [-0.25, -0.2) is 0 Å². The predicted molar refractivity (Wildman–Crippen MR) is 72.2 cm³/mol. The summed E-state index contributed by atoms with van der Waals surface area (Å²) < 4.78 is 0. The third-order valence-electron chi connectivity index (χ3n) is 4.82. The molecule has 1 saturated carbocycles. The molecule has 2 rings (SSSR count). The molecule has 1 heterocycles. The molecule has 2 fully saturated rings. The van der Waals surface area contributed by atoms with E-state index in [2.05, 4.69) is 11.8 Å². The first kappa shape index (κ1) is 13.9. The van der Waals surface area contributed by atoms with Crippen LogP contribution in [0.2, 0.25) is 0 Å². The molecule has 1 saturated heterocycles. The molecule has 0 aromatic carbocycles. The zero-order chi connectivity index (χ0) is 13.0. The van der Waals surface area contributed by atoms with Crippen molar-refractivity contribution in [1.29, 1.82) is 0 Å². The number of piperidine rings is 1. The van der Waals surface area contributed by atoms with Crippen LogP contribution in [-0.4, -0.2) is 35.6 Å². The third kappa shape index (κ3) is 3.05. The number of nitrogens with zero attached hydrogens (tertiary/aromatic N) is 1. The minimum atomic E-state index is -0.0979. The average Bonchev–Trinajstić information content (AvgIpc) is 2.39. The van der Waals surface area contributed by atoms with Gasteiger partial charge in [-0.15, -0.1) is 0 Å². The van der Waals surface area contributed by atoms with Gasteiger partial charge in [0.2, 0.25) is 5.91 Å². The summed E-state index contributed by atoms with van der Waals surface area (Å²) in [6.07, 6.45) is 8.94. The number of hydrogen-bond donors (Lipinski definition) is 1. The second-order valence-electron chi connectivity index (χ2n) is 6.39. The Labute approximate surface area is 111 Å². The smallest absolute Gasteiger partial charge is 0.228 e. The summed E-state index contributed by atoms with van der Waals surface area (Å²) in [5.74, 6) is 0.893. The van der Waals surface area contributed by atoms with Crippen LogP contribution >= 0.6 is 0 Å². The zero-order valence-corrected chi connectivity index (χ0v) is 11.7. The van der Waals surface area contributed by atoms with E-state index in [1.54, 1.807) is 0 Å². The Kier molecular flexibility index (Phi) is 4.66. The van der Waals surface area contributed by atoms with Crippen LogP contribution in [0.1, 0.15) is 58.3 Å². The standard InChI is InChI=1S/C15H27NO2/c1-15(8-3-2-4-9-15)14(18)16-10-5-6-13(12-16)7-11-17/h13,17H,2-12H2,1H3. The van der Waals surface area contributed by atoms with E-state index in [0.29, 0.717) is 11.8 Å². The first-order chi connectivity index (χ1) is 8.65. The summed E-state index contributed by atoms with van der Waals surface area (Å²) in [5.41, 5.74) is -0.0979. The van der Waals surface area contributed by atoms with E-state index in [0.717, 1.165) is 38.8 Å². The molecule has 2 aliphatic rings. The molecule has 1 N–H and O–H groups in total. The third-order valence-corrected chi connectivity index (χ3v) is 4.82. The van der Waals surface area contributed by atoms with Gasteiger partial charge in [-0.2, -0.15) is 0 Å². The molecule has 1 aliphatic heterocycles. The molecule has 0 radical (unpaired) electrons. The van der Waals surface area contributed by atoms with E-state index in [9.17, 15) is 4.79 Å². The Morgan fingerprint density at radius 2 is 2.00 bits per heavy atom.